The molecule has 3 heterocycles. The van der Waals surface area contributed by atoms with Gasteiger partial charge in [-0.25, -0.2) is 9.50 Å². The number of nitrogens with zero attached hydrogens (tertiary/aromatic N) is 3. The summed E-state index contributed by atoms with van der Waals surface area (Å²) >= 11 is 1.31. The van der Waals surface area contributed by atoms with E-state index >= 15 is 0 Å². The summed E-state index contributed by atoms with van der Waals surface area (Å²) in [5.74, 6) is -0.393. The topological polar surface area (TPSA) is 92.2 Å². The Morgan fingerprint density at radius 1 is 1.53 bits per heavy atom. The van der Waals surface area contributed by atoms with Gasteiger partial charge < -0.3 is 4.98 Å². The van der Waals surface area contributed by atoms with Crippen LogP contribution < -0.4 is 10.9 Å². The molecule has 0 radical (unpaired) electrons. The number of aromatic nitrogens is 4. The maximum atomic E-state index is 11.9. The Balaban J connectivity index is 1.99. The first kappa shape index (κ1) is 11.6. The van der Waals surface area contributed by atoms with Crippen molar-refractivity contribution in [2.45, 2.75) is 6.92 Å². The van der Waals surface area contributed by atoms with Crippen molar-refractivity contribution in [2.24, 2.45) is 0 Å². The number of carbonyl (C=O) groups is 1. The van der Waals surface area contributed by atoms with Crippen molar-refractivity contribution in [1.29, 1.82) is 0 Å². The van der Waals surface area contributed by atoms with E-state index in [0.29, 0.717) is 16.3 Å². The first-order valence-corrected chi connectivity index (χ1v) is 6.31. The van der Waals surface area contributed by atoms with Gasteiger partial charge in [-0.3, -0.25) is 14.9 Å². The van der Waals surface area contributed by atoms with Crippen LogP contribution in [0, 0.1) is 6.92 Å². The van der Waals surface area contributed by atoms with Crippen LogP contribution in [0.1, 0.15) is 16.2 Å². The number of carbonyl (C=O) groups excluding carboxylic acids is 1. The average molecular weight is 275 g/mol. The quantitative estimate of drug-likeness (QED) is 0.731. The standard InChI is InChI=1S/C11H9N5O2S/c1-6-5-16-8(10(18)13-6)4-7(15-16)9(17)14-11-12-2-3-19-11/h2-5H,1H3,(H,13,18)(H,12,14,17). The fourth-order valence-electron chi connectivity index (χ4n) is 1.68. The van der Waals surface area contributed by atoms with Gasteiger partial charge in [0, 0.05) is 29.5 Å². The molecule has 0 aliphatic carbocycles. The molecule has 0 aliphatic rings. The fourth-order valence-corrected chi connectivity index (χ4v) is 2.20. The Kier molecular flexibility index (Phi) is 2.64. The van der Waals surface area contributed by atoms with Gasteiger partial charge in [-0.2, -0.15) is 5.10 Å². The van der Waals surface area contributed by atoms with Crippen molar-refractivity contribution in [1.82, 2.24) is 19.6 Å². The number of rotatable bonds is 2. The van der Waals surface area contributed by atoms with E-state index in [4.69, 9.17) is 0 Å². The minimum absolute atomic E-state index is 0.173. The second-order valence-electron chi connectivity index (χ2n) is 3.92. The van der Waals surface area contributed by atoms with Crippen LogP contribution in [0.2, 0.25) is 0 Å². The summed E-state index contributed by atoms with van der Waals surface area (Å²) in [5.41, 5.74) is 0.898. The van der Waals surface area contributed by atoms with Gasteiger partial charge in [0.25, 0.3) is 11.5 Å². The third kappa shape index (κ3) is 2.13. The van der Waals surface area contributed by atoms with Crippen molar-refractivity contribution in [3.63, 3.8) is 0 Å². The summed E-state index contributed by atoms with van der Waals surface area (Å²) in [6, 6.07) is 1.45. The summed E-state index contributed by atoms with van der Waals surface area (Å²) in [4.78, 5) is 30.2. The molecule has 0 bridgehead atoms. The Labute approximate surface area is 110 Å². The molecular formula is C11H9N5O2S. The number of fused-ring (bicyclic) bond motifs is 1. The van der Waals surface area contributed by atoms with Gasteiger partial charge in [0.2, 0.25) is 0 Å². The Morgan fingerprint density at radius 2 is 2.37 bits per heavy atom. The van der Waals surface area contributed by atoms with Crippen LogP contribution in [0.4, 0.5) is 5.13 Å². The van der Waals surface area contributed by atoms with Crippen molar-refractivity contribution in [3.05, 3.63) is 45.6 Å². The predicted molar refractivity (Wildman–Crippen MR) is 70.6 cm³/mol. The molecule has 7 nitrogen and oxygen atoms in total. The van der Waals surface area contributed by atoms with Gasteiger partial charge in [-0.15, -0.1) is 11.3 Å². The minimum Gasteiger partial charge on any atom is -0.323 e. The van der Waals surface area contributed by atoms with E-state index in [1.807, 2.05) is 0 Å². The third-order valence-corrected chi connectivity index (χ3v) is 3.17. The van der Waals surface area contributed by atoms with Crippen molar-refractivity contribution in [3.8, 4) is 0 Å². The number of anilines is 1. The molecule has 2 N–H and O–H groups in total. The van der Waals surface area contributed by atoms with Gasteiger partial charge >= 0.3 is 0 Å². The largest absolute Gasteiger partial charge is 0.323 e. The van der Waals surface area contributed by atoms with Crippen molar-refractivity contribution < 1.29 is 4.79 Å². The lowest BCUT2D eigenvalue weighted by Gasteiger charge is -1.96. The molecule has 1 amide bonds. The molecule has 0 aliphatic heterocycles. The number of hydrogen-bond donors (Lipinski definition) is 2. The number of amides is 1. The molecule has 19 heavy (non-hydrogen) atoms. The number of thiazole rings is 1. The molecule has 0 spiro atoms. The summed E-state index contributed by atoms with van der Waals surface area (Å²) in [7, 11) is 0. The second kappa shape index (κ2) is 4.32. The van der Waals surface area contributed by atoms with E-state index in [0.717, 1.165) is 0 Å². The Morgan fingerprint density at radius 3 is 3.11 bits per heavy atom. The lowest BCUT2D eigenvalue weighted by atomic mass is 10.4. The van der Waals surface area contributed by atoms with Gasteiger partial charge in [0.15, 0.2) is 10.8 Å². The summed E-state index contributed by atoms with van der Waals surface area (Å²) in [6.45, 7) is 1.75. The maximum absolute atomic E-state index is 11.9. The van der Waals surface area contributed by atoms with Crippen LogP contribution >= 0.6 is 11.3 Å². The Bertz CT molecular complexity index is 802. The van der Waals surface area contributed by atoms with Gasteiger partial charge in [0.05, 0.1) is 0 Å². The fraction of sp³-hybridized carbons (Fsp3) is 0.0909. The highest BCUT2D eigenvalue weighted by molar-refractivity contribution is 7.13. The second-order valence-corrected chi connectivity index (χ2v) is 4.81. The molecule has 0 saturated heterocycles. The average Bonchev–Trinajstić information content (AvgIpc) is 2.97. The molecule has 3 aromatic rings. The molecule has 96 valence electrons. The number of aryl methyl sites for hydroxylation is 1. The highest BCUT2D eigenvalue weighted by Gasteiger charge is 2.13. The number of nitrogens with one attached hydrogen (secondary N) is 2. The van der Waals surface area contributed by atoms with Crippen molar-refractivity contribution >= 4 is 27.9 Å². The smallest absolute Gasteiger partial charge is 0.277 e. The molecule has 0 aromatic carbocycles. The highest BCUT2D eigenvalue weighted by Crippen LogP contribution is 2.12. The maximum Gasteiger partial charge on any atom is 0.277 e. The molecule has 0 unspecified atom stereocenters. The molecule has 0 atom stereocenters. The molecule has 3 rings (SSSR count). The van der Waals surface area contributed by atoms with Crippen LogP contribution in [0.25, 0.3) is 5.52 Å². The van der Waals surface area contributed by atoms with E-state index in [1.54, 1.807) is 24.7 Å². The molecule has 0 fully saturated rings. The van der Waals surface area contributed by atoms with Gasteiger partial charge in [0.1, 0.15) is 5.52 Å². The normalized spacial score (nSPS) is 10.8. The zero-order valence-electron chi connectivity index (χ0n) is 9.88. The van der Waals surface area contributed by atoms with E-state index < -0.39 is 5.91 Å². The van der Waals surface area contributed by atoms with Crippen LogP contribution in [0.3, 0.4) is 0 Å². The molecule has 3 aromatic heterocycles. The van der Waals surface area contributed by atoms with E-state index in [1.165, 1.54) is 21.9 Å². The van der Waals surface area contributed by atoms with E-state index in [2.05, 4.69) is 20.4 Å². The van der Waals surface area contributed by atoms with Gasteiger partial charge in [-0.05, 0) is 6.92 Å². The van der Waals surface area contributed by atoms with Crippen LogP contribution in [-0.2, 0) is 0 Å². The van der Waals surface area contributed by atoms with Gasteiger partial charge in [-0.1, -0.05) is 0 Å². The summed E-state index contributed by atoms with van der Waals surface area (Å²) < 4.78 is 1.39. The lowest BCUT2D eigenvalue weighted by Crippen LogP contribution is -2.12. The summed E-state index contributed by atoms with van der Waals surface area (Å²) in [6.07, 6.45) is 3.24. The summed E-state index contributed by atoms with van der Waals surface area (Å²) in [5, 5.41) is 8.94. The predicted octanol–water partition coefficient (Wildman–Crippen LogP) is 1.04. The highest BCUT2D eigenvalue weighted by atomic mass is 32.1. The number of aromatic amines is 1. The first-order valence-electron chi connectivity index (χ1n) is 5.43. The first-order chi connectivity index (χ1) is 9.13. The van der Waals surface area contributed by atoms with Crippen molar-refractivity contribution in [2.75, 3.05) is 5.32 Å². The number of hydrogen-bond acceptors (Lipinski definition) is 5. The molecule has 0 saturated carbocycles. The monoisotopic (exact) mass is 275 g/mol. The van der Waals surface area contributed by atoms with E-state index in [-0.39, 0.29) is 11.3 Å². The lowest BCUT2D eigenvalue weighted by molar-refractivity contribution is 0.102. The number of H-pyrrole nitrogens is 1. The molecule has 8 heteroatoms. The van der Waals surface area contributed by atoms with E-state index in [9.17, 15) is 9.59 Å². The zero-order chi connectivity index (χ0) is 13.4. The third-order valence-electron chi connectivity index (χ3n) is 2.48. The SMILES string of the molecule is Cc1cn2nc(C(=O)Nc3nccs3)cc2c(=O)[nH]1. The minimum atomic E-state index is -0.393. The Hall–Kier alpha value is -2.48. The molecular weight excluding hydrogens is 266 g/mol. The van der Waals surface area contributed by atoms with Crippen LogP contribution in [0.5, 0.6) is 0 Å². The van der Waals surface area contributed by atoms with Crippen LogP contribution in [0.15, 0.2) is 28.6 Å². The zero-order valence-corrected chi connectivity index (χ0v) is 10.7. The van der Waals surface area contributed by atoms with Crippen LogP contribution in [-0.4, -0.2) is 25.5 Å².